The van der Waals surface area contributed by atoms with Crippen LogP contribution in [0.25, 0.3) is 0 Å². The molecule has 1 aliphatic rings. The maximum atomic E-state index is 11.2. The van der Waals surface area contributed by atoms with E-state index in [4.69, 9.17) is 9.47 Å². The Labute approximate surface area is 122 Å². The number of aromatic nitrogens is 1. The van der Waals surface area contributed by atoms with E-state index in [0.717, 1.165) is 11.3 Å². The summed E-state index contributed by atoms with van der Waals surface area (Å²) < 4.78 is 11.3. The summed E-state index contributed by atoms with van der Waals surface area (Å²) >= 11 is 0. The van der Waals surface area contributed by atoms with Gasteiger partial charge in [0.05, 0.1) is 19.1 Å². The lowest BCUT2D eigenvalue weighted by Crippen LogP contribution is -2.14. The molecule has 0 amide bonds. The predicted molar refractivity (Wildman–Crippen MR) is 76.1 cm³/mol. The van der Waals surface area contributed by atoms with E-state index in [9.17, 15) is 9.90 Å². The molecule has 0 bridgehead atoms. The fourth-order valence-electron chi connectivity index (χ4n) is 2.37. The van der Waals surface area contributed by atoms with Crippen molar-refractivity contribution in [3.63, 3.8) is 0 Å². The number of para-hydroxylation sites is 1. The standard InChI is InChI=1S/C16H15NO4/c1-10-6-7-14(15(17-10)16(18)19)21-9-11-8-20-13-5-3-2-4-12(11)13/h2-7,11H,8-9H2,1H3,(H,18,19). The van der Waals surface area contributed by atoms with Crippen molar-refractivity contribution in [1.82, 2.24) is 4.98 Å². The van der Waals surface area contributed by atoms with Gasteiger partial charge in [0.25, 0.3) is 0 Å². The topological polar surface area (TPSA) is 68.7 Å². The van der Waals surface area contributed by atoms with E-state index in [0.29, 0.717) is 18.9 Å². The van der Waals surface area contributed by atoms with E-state index in [2.05, 4.69) is 4.98 Å². The molecule has 0 saturated heterocycles. The van der Waals surface area contributed by atoms with Crippen molar-refractivity contribution >= 4 is 5.97 Å². The number of hydrogen-bond donors (Lipinski definition) is 1. The highest BCUT2D eigenvalue weighted by Crippen LogP contribution is 2.34. The van der Waals surface area contributed by atoms with Gasteiger partial charge in [-0.1, -0.05) is 18.2 Å². The van der Waals surface area contributed by atoms with E-state index in [1.54, 1.807) is 19.1 Å². The van der Waals surface area contributed by atoms with Gasteiger partial charge in [-0.15, -0.1) is 0 Å². The molecule has 21 heavy (non-hydrogen) atoms. The van der Waals surface area contributed by atoms with Crippen molar-refractivity contribution < 1.29 is 19.4 Å². The summed E-state index contributed by atoms with van der Waals surface area (Å²) in [6.45, 7) is 2.65. The van der Waals surface area contributed by atoms with Crippen LogP contribution in [0.3, 0.4) is 0 Å². The molecule has 1 aromatic carbocycles. The molecule has 5 heteroatoms. The van der Waals surface area contributed by atoms with Gasteiger partial charge in [-0.2, -0.15) is 0 Å². The third kappa shape index (κ3) is 2.67. The molecule has 5 nitrogen and oxygen atoms in total. The Morgan fingerprint density at radius 3 is 3.00 bits per heavy atom. The van der Waals surface area contributed by atoms with Crippen molar-refractivity contribution in [2.75, 3.05) is 13.2 Å². The van der Waals surface area contributed by atoms with Crippen molar-refractivity contribution in [2.24, 2.45) is 0 Å². The molecule has 108 valence electrons. The molecule has 0 radical (unpaired) electrons. The Kier molecular flexibility index (Phi) is 3.48. The monoisotopic (exact) mass is 285 g/mol. The van der Waals surface area contributed by atoms with Gasteiger partial charge >= 0.3 is 5.97 Å². The number of carbonyl (C=O) groups is 1. The fourth-order valence-corrected chi connectivity index (χ4v) is 2.37. The van der Waals surface area contributed by atoms with Gasteiger partial charge in [0.2, 0.25) is 0 Å². The molecule has 0 saturated carbocycles. The van der Waals surface area contributed by atoms with Crippen molar-refractivity contribution in [3.05, 3.63) is 53.3 Å². The minimum atomic E-state index is -1.09. The number of aryl methyl sites for hydroxylation is 1. The van der Waals surface area contributed by atoms with Crippen LogP contribution < -0.4 is 9.47 Å². The van der Waals surface area contributed by atoms with Crippen molar-refractivity contribution in [2.45, 2.75) is 12.8 Å². The first-order valence-corrected chi connectivity index (χ1v) is 6.70. The minimum absolute atomic E-state index is 0.0535. The summed E-state index contributed by atoms with van der Waals surface area (Å²) in [7, 11) is 0. The summed E-state index contributed by atoms with van der Waals surface area (Å²) in [6, 6.07) is 11.2. The van der Waals surface area contributed by atoms with Gasteiger partial charge in [0.1, 0.15) is 5.75 Å². The Morgan fingerprint density at radius 1 is 1.38 bits per heavy atom. The van der Waals surface area contributed by atoms with Crippen LogP contribution >= 0.6 is 0 Å². The molecule has 1 N–H and O–H groups in total. The number of aromatic carboxylic acids is 1. The maximum Gasteiger partial charge on any atom is 0.358 e. The maximum absolute atomic E-state index is 11.2. The average molecular weight is 285 g/mol. The number of carboxylic acid groups (broad SMARTS) is 1. The third-order valence-electron chi connectivity index (χ3n) is 3.44. The van der Waals surface area contributed by atoms with E-state index in [1.165, 1.54) is 0 Å². The molecular weight excluding hydrogens is 270 g/mol. The molecule has 2 heterocycles. The van der Waals surface area contributed by atoms with E-state index in [-0.39, 0.29) is 17.4 Å². The molecule has 1 aliphatic heterocycles. The van der Waals surface area contributed by atoms with Gasteiger partial charge in [0.15, 0.2) is 11.4 Å². The van der Waals surface area contributed by atoms with Gasteiger partial charge in [-0.3, -0.25) is 0 Å². The summed E-state index contributed by atoms with van der Waals surface area (Å²) in [5.41, 5.74) is 1.69. The van der Waals surface area contributed by atoms with Crippen LogP contribution in [0.1, 0.15) is 27.7 Å². The Balaban J connectivity index is 1.76. The van der Waals surface area contributed by atoms with E-state index < -0.39 is 5.97 Å². The number of pyridine rings is 1. The first-order valence-electron chi connectivity index (χ1n) is 6.70. The normalized spacial score (nSPS) is 16.1. The number of carboxylic acids is 1. The quantitative estimate of drug-likeness (QED) is 0.935. The number of ether oxygens (including phenoxy) is 2. The van der Waals surface area contributed by atoms with Crippen molar-refractivity contribution in [1.29, 1.82) is 0 Å². The lowest BCUT2D eigenvalue weighted by Gasteiger charge is -2.13. The average Bonchev–Trinajstić information content (AvgIpc) is 2.89. The predicted octanol–water partition coefficient (Wildman–Crippen LogP) is 2.64. The van der Waals surface area contributed by atoms with E-state index >= 15 is 0 Å². The molecular formula is C16H15NO4. The van der Waals surface area contributed by atoms with E-state index in [1.807, 2.05) is 24.3 Å². The van der Waals surface area contributed by atoms with Gasteiger partial charge < -0.3 is 14.6 Å². The van der Waals surface area contributed by atoms with Crippen LogP contribution in [0.5, 0.6) is 11.5 Å². The highest BCUT2D eigenvalue weighted by molar-refractivity contribution is 5.88. The van der Waals surface area contributed by atoms with Crippen molar-refractivity contribution in [3.8, 4) is 11.5 Å². The van der Waals surface area contributed by atoms with Gasteiger partial charge in [-0.25, -0.2) is 9.78 Å². The highest BCUT2D eigenvalue weighted by atomic mass is 16.5. The number of nitrogens with zero attached hydrogens (tertiary/aromatic N) is 1. The lowest BCUT2D eigenvalue weighted by atomic mass is 10.0. The first kappa shape index (κ1) is 13.4. The van der Waals surface area contributed by atoms with Crippen LogP contribution in [0, 0.1) is 6.92 Å². The lowest BCUT2D eigenvalue weighted by molar-refractivity contribution is 0.0684. The molecule has 3 rings (SSSR count). The molecule has 0 aliphatic carbocycles. The number of rotatable bonds is 4. The first-order chi connectivity index (χ1) is 10.1. The third-order valence-corrected chi connectivity index (χ3v) is 3.44. The van der Waals surface area contributed by atoms with Crippen LogP contribution in [-0.2, 0) is 0 Å². The second kappa shape index (κ2) is 5.44. The van der Waals surface area contributed by atoms with Crippen LogP contribution in [0.4, 0.5) is 0 Å². The second-order valence-electron chi connectivity index (χ2n) is 4.96. The summed E-state index contributed by atoms with van der Waals surface area (Å²) in [4.78, 5) is 15.2. The molecule has 1 atom stereocenters. The molecule has 1 unspecified atom stereocenters. The SMILES string of the molecule is Cc1ccc(OCC2COc3ccccc32)c(C(=O)O)n1. The smallest absolute Gasteiger partial charge is 0.358 e. The Hall–Kier alpha value is -2.56. The number of hydrogen-bond acceptors (Lipinski definition) is 4. The highest BCUT2D eigenvalue weighted by Gasteiger charge is 2.25. The zero-order valence-corrected chi connectivity index (χ0v) is 11.6. The summed E-state index contributed by atoms with van der Waals surface area (Å²) in [5.74, 6) is 0.171. The number of benzene rings is 1. The van der Waals surface area contributed by atoms with Gasteiger partial charge in [-0.05, 0) is 25.1 Å². The fraction of sp³-hybridized carbons (Fsp3) is 0.250. The molecule has 1 aromatic heterocycles. The Morgan fingerprint density at radius 2 is 2.19 bits per heavy atom. The van der Waals surface area contributed by atoms with Crippen LogP contribution in [-0.4, -0.2) is 29.3 Å². The largest absolute Gasteiger partial charge is 0.493 e. The Bertz CT molecular complexity index is 684. The molecule has 0 fully saturated rings. The number of fused-ring (bicyclic) bond motifs is 1. The summed E-state index contributed by atoms with van der Waals surface area (Å²) in [6.07, 6.45) is 0. The minimum Gasteiger partial charge on any atom is -0.493 e. The molecule has 0 spiro atoms. The summed E-state index contributed by atoms with van der Waals surface area (Å²) in [5, 5.41) is 9.17. The van der Waals surface area contributed by atoms with Crippen LogP contribution in [0.15, 0.2) is 36.4 Å². The van der Waals surface area contributed by atoms with Gasteiger partial charge in [0, 0.05) is 11.3 Å². The second-order valence-corrected chi connectivity index (χ2v) is 4.96. The van der Waals surface area contributed by atoms with Crippen LogP contribution in [0.2, 0.25) is 0 Å². The zero-order valence-electron chi connectivity index (χ0n) is 11.6. The molecule has 2 aromatic rings. The zero-order chi connectivity index (χ0) is 14.8.